The largest absolute Gasteiger partial charge is 0.462 e. The molecule has 0 aliphatic carbocycles. The maximum absolute atomic E-state index is 13.3. The number of rotatable bonds is 9. The van der Waals surface area contributed by atoms with Crippen LogP contribution in [0.4, 0.5) is 30.7 Å². The molecule has 0 atom stereocenters. The molecule has 0 amide bonds. The van der Waals surface area contributed by atoms with Crippen LogP contribution in [-0.2, 0) is 19.1 Å². The molecular formula is C14H19F7O4. The molecule has 0 saturated heterocycles. The quantitative estimate of drug-likeness (QED) is 0.341. The maximum Gasteiger partial charge on any atom is 0.394 e. The van der Waals surface area contributed by atoms with Gasteiger partial charge in [-0.05, 0) is 20.3 Å². The highest BCUT2D eigenvalue weighted by atomic mass is 19.4. The van der Waals surface area contributed by atoms with Crippen molar-refractivity contribution in [2.24, 2.45) is 5.41 Å². The Balaban J connectivity index is 4.48. The van der Waals surface area contributed by atoms with E-state index in [0.29, 0.717) is 6.42 Å². The molecule has 0 aliphatic heterocycles. The van der Waals surface area contributed by atoms with Gasteiger partial charge >= 0.3 is 24.0 Å². The zero-order valence-corrected chi connectivity index (χ0v) is 13.8. The normalized spacial score (nSPS) is 13.5. The molecule has 0 heterocycles. The fourth-order valence-corrected chi connectivity index (χ4v) is 1.47. The van der Waals surface area contributed by atoms with Gasteiger partial charge in [0.1, 0.15) is 19.6 Å². The Morgan fingerprint density at radius 1 is 0.800 bits per heavy atom. The number of hydrogen-bond acceptors (Lipinski definition) is 4. The number of carbonyl (C=O) groups excluding carboxylic acids is 2. The van der Waals surface area contributed by atoms with Crippen molar-refractivity contribution in [1.29, 1.82) is 0 Å². The van der Waals surface area contributed by atoms with E-state index >= 15 is 0 Å². The molecular weight excluding hydrogens is 365 g/mol. The van der Waals surface area contributed by atoms with Crippen molar-refractivity contribution in [3.05, 3.63) is 0 Å². The van der Waals surface area contributed by atoms with Crippen molar-refractivity contribution in [2.45, 2.75) is 58.1 Å². The summed E-state index contributed by atoms with van der Waals surface area (Å²) in [4.78, 5) is 22.6. The summed E-state index contributed by atoms with van der Waals surface area (Å²) in [6.45, 7) is 3.37. The minimum absolute atomic E-state index is 0.415. The summed E-state index contributed by atoms with van der Waals surface area (Å²) in [5, 5.41) is 0. The molecule has 148 valence electrons. The Morgan fingerprint density at radius 2 is 1.24 bits per heavy atom. The van der Waals surface area contributed by atoms with Crippen molar-refractivity contribution < 1.29 is 49.8 Å². The third kappa shape index (κ3) is 8.92. The summed E-state index contributed by atoms with van der Waals surface area (Å²) in [7, 11) is 0. The Hall–Kier alpha value is -1.55. The second kappa shape index (κ2) is 8.22. The molecule has 25 heavy (non-hydrogen) atoms. The molecule has 0 aromatic carbocycles. The summed E-state index contributed by atoms with van der Waals surface area (Å²) >= 11 is 0. The average molecular weight is 384 g/mol. The smallest absolute Gasteiger partial charge is 0.394 e. The summed E-state index contributed by atoms with van der Waals surface area (Å²) in [5.41, 5.74) is -0.854. The van der Waals surface area contributed by atoms with Gasteiger partial charge in [0, 0.05) is 0 Å². The van der Waals surface area contributed by atoms with Crippen LogP contribution in [-0.4, -0.2) is 43.2 Å². The lowest BCUT2D eigenvalue weighted by atomic mass is 9.91. The van der Waals surface area contributed by atoms with Crippen LogP contribution in [0.3, 0.4) is 0 Å². The molecule has 4 nitrogen and oxygen atoms in total. The van der Waals surface area contributed by atoms with Gasteiger partial charge in [-0.3, -0.25) is 4.79 Å². The lowest BCUT2D eigenvalue weighted by Crippen LogP contribution is -2.40. The highest BCUT2D eigenvalue weighted by molar-refractivity contribution is 5.78. The van der Waals surface area contributed by atoms with Crippen molar-refractivity contribution in [1.82, 2.24) is 0 Å². The third-order valence-corrected chi connectivity index (χ3v) is 3.22. The Kier molecular flexibility index (Phi) is 7.71. The fourth-order valence-electron chi connectivity index (χ4n) is 1.47. The Bertz CT molecular complexity index is 472. The maximum atomic E-state index is 13.3. The lowest BCUT2D eigenvalue weighted by Gasteiger charge is -2.23. The summed E-state index contributed by atoms with van der Waals surface area (Å²) in [5.74, 6) is -12.8. The van der Waals surface area contributed by atoms with Crippen LogP contribution in [0, 0.1) is 5.41 Å². The monoisotopic (exact) mass is 384 g/mol. The van der Waals surface area contributed by atoms with Crippen LogP contribution in [0.2, 0.25) is 0 Å². The lowest BCUT2D eigenvalue weighted by molar-refractivity contribution is -0.214. The van der Waals surface area contributed by atoms with Gasteiger partial charge in [-0.2, -0.15) is 22.0 Å². The second-order valence-corrected chi connectivity index (χ2v) is 6.04. The van der Waals surface area contributed by atoms with Crippen LogP contribution in [0.25, 0.3) is 0 Å². The Morgan fingerprint density at radius 3 is 1.64 bits per heavy atom. The number of hydrogen-bond donors (Lipinski definition) is 0. The molecule has 11 heteroatoms. The predicted octanol–water partition coefficient (Wildman–Crippen LogP) is 4.12. The van der Waals surface area contributed by atoms with E-state index in [1.54, 1.807) is 20.8 Å². The van der Waals surface area contributed by atoms with Gasteiger partial charge in [-0.1, -0.05) is 6.92 Å². The highest BCUT2D eigenvalue weighted by Crippen LogP contribution is 2.39. The molecule has 0 rings (SSSR count). The SMILES string of the molecule is CCC(C)(C)C(=O)OCCOC(=O)C(F)(F)CC(F)(F)CC(F)(F)F. The predicted molar refractivity (Wildman–Crippen MR) is 71.2 cm³/mol. The van der Waals surface area contributed by atoms with Gasteiger partial charge in [0.05, 0.1) is 11.8 Å². The van der Waals surface area contributed by atoms with E-state index in [0.717, 1.165) is 0 Å². The molecule has 0 saturated carbocycles. The first-order valence-electron chi connectivity index (χ1n) is 7.19. The van der Waals surface area contributed by atoms with Crippen LogP contribution in [0.5, 0.6) is 0 Å². The number of esters is 2. The molecule has 0 spiro atoms. The molecule has 0 N–H and O–H groups in total. The molecule has 0 aromatic heterocycles. The zero-order chi connectivity index (χ0) is 20.1. The highest BCUT2D eigenvalue weighted by Gasteiger charge is 2.54. The first kappa shape index (κ1) is 23.4. The van der Waals surface area contributed by atoms with Gasteiger partial charge in [0.15, 0.2) is 0 Å². The van der Waals surface area contributed by atoms with Crippen LogP contribution >= 0.6 is 0 Å². The van der Waals surface area contributed by atoms with Crippen molar-refractivity contribution in [3.8, 4) is 0 Å². The van der Waals surface area contributed by atoms with Crippen molar-refractivity contribution in [3.63, 3.8) is 0 Å². The molecule has 0 unspecified atom stereocenters. The van der Waals surface area contributed by atoms with E-state index in [1.165, 1.54) is 0 Å². The van der Waals surface area contributed by atoms with E-state index in [-0.39, 0.29) is 0 Å². The number of carbonyl (C=O) groups is 2. The number of alkyl halides is 7. The summed E-state index contributed by atoms with van der Waals surface area (Å²) in [6.07, 6.45) is -10.4. The first-order valence-corrected chi connectivity index (χ1v) is 7.19. The number of halogens is 7. The van der Waals surface area contributed by atoms with Crippen LogP contribution < -0.4 is 0 Å². The molecule has 0 radical (unpaired) electrons. The molecule has 0 bridgehead atoms. The van der Waals surface area contributed by atoms with E-state index in [2.05, 4.69) is 9.47 Å². The molecule has 0 aromatic rings. The first-order chi connectivity index (χ1) is 11.0. The van der Waals surface area contributed by atoms with Crippen LogP contribution in [0.1, 0.15) is 40.0 Å². The minimum Gasteiger partial charge on any atom is -0.462 e. The minimum atomic E-state index is -5.37. The molecule has 0 aliphatic rings. The van der Waals surface area contributed by atoms with Crippen molar-refractivity contribution >= 4 is 11.9 Å². The summed E-state index contributed by atoms with van der Waals surface area (Å²) in [6, 6.07) is 0. The number of ether oxygens (including phenoxy) is 2. The van der Waals surface area contributed by atoms with E-state index in [1.807, 2.05) is 0 Å². The van der Waals surface area contributed by atoms with Gasteiger partial charge in [-0.25, -0.2) is 13.6 Å². The van der Waals surface area contributed by atoms with E-state index in [4.69, 9.17) is 0 Å². The zero-order valence-electron chi connectivity index (χ0n) is 13.8. The van der Waals surface area contributed by atoms with Crippen molar-refractivity contribution in [2.75, 3.05) is 13.2 Å². The van der Waals surface area contributed by atoms with Gasteiger partial charge < -0.3 is 9.47 Å². The van der Waals surface area contributed by atoms with E-state index in [9.17, 15) is 40.3 Å². The fraction of sp³-hybridized carbons (Fsp3) is 0.857. The third-order valence-electron chi connectivity index (χ3n) is 3.22. The second-order valence-electron chi connectivity index (χ2n) is 6.04. The standard InChI is InChI=1S/C14H19F7O4/c1-4-11(2,3)9(22)24-5-6-25-10(23)13(17,18)7-12(15,16)8-14(19,20)21/h4-8H2,1-3H3. The Labute approximate surface area is 139 Å². The van der Waals surface area contributed by atoms with Gasteiger partial charge in [-0.15, -0.1) is 0 Å². The van der Waals surface area contributed by atoms with Gasteiger partial charge in [0.25, 0.3) is 5.92 Å². The van der Waals surface area contributed by atoms with Crippen LogP contribution in [0.15, 0.2) is 0 Å². The van der Waals surface area contributed by atoms with Gasteiger partial charge in [0.2, 0.25) is 0 Å². The molecule has 0 fully saturated rings. The topological polar surface area (TPSA) is 52.6 Å². The van der Waals surface area contributed by atoms with E-state index < -0.39 is 61.4 Å². The summed E-state index contributed by atoms with van der Waals surface area (Å²) < 4.78 is 96.8. The average Bonchev–Trinajstić information content (AvgIpc) is 2.38.